The van der Waals surface area contributed by atoms with E-state index in [4.69, 9.17) is 4.74 Å². The number of pyridine rings is 1. The molecule has 0 bridgehead atoms. The van der Waals surface area contributed by atoms with E-state index in [2.05, 4.69) is 24.8 Å². The summed E-state index contributed by atoms with van der Waals surface area (Å²) in [5.41, 5.74) is 3.88. The summed E-state index contributed by atoms with van der Waals surface area (Å²) in [5, 5.41) is 12.4. The van der Waals surface area contributed by atoms with Crippen LogP contribution >= 0.6 is 11.3 Å². The number of hydrogen-bond acceptors (Lipinski definition) is 8. The zero-order chi connectivity index (χ0) is 20.5. The summed E-state index contributed by atoms with van der Waals surface area (Å²) >= 11 is 1.35. The van der Waals surface area contributed by atoms with Crippen molar-refractivity contribution in [2.24, 2.45) is 0 Å². The number of thiazole rings is 1. The van der Waals surface area contributed by atoms with Gasteiger partial charge in [0.05, 0.1) is 42.3 Å². The van der Waals surface area contributed by atoms with E-state index in [1.807, 2.05) is 23.6 Å². The highest BCUT2D eigenvalue weighted by Gasteiger charge is 2.17. The van der Waals surface area contributed by atoms with Crippen LogP contribution in [0.15, 0.2) is 42.2 Å². The van der Waals surface area contributed by atoms with E-state index in [0.717, 1.165) is 29.7 Å². The second-order valence-electron chi connectivity index (χ2n) is 6.87. The standard InChI is InChI=1S/C21H18FN5O2S/c22-21-16(7-13(9-23-21)18-11-30-19(10-28)26-18)20-15-2-1-14(8-17(15)24-12-25-20)27-3-5-29-6-4-27/h1-2,7-9,11-12,28H,3-6,10H2. The smallest absolute Gasteiger partial charge is 0.222 e. The van der Waals surface area contributed by atoms with Crippen LogP contribution in [0.1, 0.15) is 5.01 Å². The Morgan fingerprint density at radius 3 is 2.80 bits per heavy atom. The van der Waals surface area contributed by atoms with Crippen molar-refractivity contribution in [2.75, 3.05) is 31.2 Å². The zero-order valence-corrected chi connectivity index (χ0v) is 16.8. The molecule has 30 heavy (non-hydrogen) atoms. The van der Waals surface area contributed by atoms with Gasteiger partial charge in [-0.15, -0.1) is 11.3 Å². The van der Waals surface area contributed by atoms with Gasteiger partial charge >= 0.3 is 0 Å². The molecule has 5 rings (SSSR count). The summed E-state index contributed by atoms with van der Waals surface area (Å²) in [6, 6.07) is 7.61. The minimum atomic E-state index is -0.603. The zero-order valence-electron chi connectivity index (χ0n) is 16.0. The predicted molar refractivity (Wildman–Crippen MR) is 113 cm³/mol. The van der Waals surface area contributed by atoms with Gasteiger partial charge < -0.3 is 14.7 Å². The van der Waals surface area contributed by atoms with Crippen LogP contribution in [0, 0.1) is 5.95 Å². The summed E-state index contributed by atoms with van der Waals surface area (Å²) in [7, 11) is 0. The number of nitrogens with zero attached hydrogens (tertiary/aromatic N) is 5. The molecule has 4 heterocycles. The maximum atomic E-state index is 14.7. The van der Waals surface area contributed by atoms with Crippen molar-refractivity contribution in [1.82, 2.24) is 19.9 Å². The van der Waals surface area contributed by atoms with Crippen LogP contribution in [0.4, 0.5) is 10.1 Å². The third kappa shape index (κ3) is 3.51. The third-order valence-electron chi connectivity index (χ3n) is 5.07. The van der Waals surface area contributed by atoms with Crippen molar-refractivity contribution < 1.29 is 14.2 Å². The second-order valence-corrected chi connectivity index (χ2v) is 7.81. The molecule has 1 saturated heterocycles. The van der Waals surface area contributed by atoms with Crippen molar-refractivity contribution in [3.63, 3.8) is 0 Å². The quantitative estimate of drug-likeness (QED) is 0.504. The minimum absolute atomic E-state index is 0.131. The van der Waals surface area contributed by atoms with Gasteiger partial charge in [0.2, 0.25) is 5.95 Å². The number of benzene rings is 1. The lowest BCUT2D eigenvalue weighted by Crippen LogP contribution is -2.36. The Bertz CT molecular complexity index is 1210. The molecule has 9 heteroatoms. The Kier molecular flexibility index (Phi) is 5.07. The lowest BCUT2D eigenvalue weighted by molar-refractivity contribution is 0.122. The minimum Gasteiger partial charge on any atom is -0.389 e. The molecule has 1 fully saturated rings. The number of aromatic nitrogens is 4. The van der Waals surface area contributed by atoms with Crippen LogP contribution in [0.3, 0.4) is 0 Å². The Labute approximate surface area is 175 Å². The van der Waals surface area contributed by atoms with Gasteiger partial charge in [-0.2, -0.15) is 4.39 Å². The number of anilines is 1. The Balaban J connectivity index is 1.57. The number of aliphatic hydroxyl groups is 1. The molecule has 0 spiro atoms. The molecule has 7 nitrogen and oxygen atoms in total. The van der Waals surface area contributed by atoms with Crippen molar-refractivity contribution in [2.45, 2.75) is 6.61 Å². The van der Waals surface area contributed by atoms with Crippen molar-refractivity contribution in [3.8, 4) is 22.5 Å². The van der Waals surface area contributed by atoms with Gasteiger partial charge in [-0.3, -0.25) is 0 Å². The summed E-state index contributed by atoms with van der Waals surface area (Å²) in [4.78, 5) is 19.3. The molecule has 0 amide bonds. The fourth-order valence-corrected chi connectivity index (χ4v) is 4.21. The maximum Gasteiger partial charge on any atom is 0.222 e. The number of aliphatic hydroxyl groups excluding tert-OH is 1. The molecule has 0 saturated carbocycles. The van der Waals surface area contributed by atoms with Crippen LogP contribution < -0.4 is 4.90 Å². The summed E-state index contributed by atoms with van der Waals surface area (Å²) < 4.78 is 20.1. The SMILES string of the molecule is OCc1nc(-c2cnc(F)c(-c3ncnc4cc(N5CCOCC5)ccc34)c2)cs1. The highest BCUT2D eigenvalue weighted by Crippen LogP contribution is 2.32. The first kappa shape index (κ1) is 19.0. The first-order valence-corrected chi connectivity index (χ1v) is 10.4. The molecule has 4 aromatic rings. The van der Waals surface area contributed by atoms with Gasteiger partial charge in [-0.1, -0.05) is 0 Å². The molecule has 3 aromatic heterocycles. The van der Waals surface area contributed by atoms with Crippen LogP contribution in [-0.4, -0.2) is 51.3 Å². The number of hydrogen-bond donors (Lipinski definition) is 1. The van der Waals surface area contributed by atoms with Gasteiger partial charge in [0, 0.05) is 41.3 Å². The molecule has 0 unspecified atom stereocenters. The first-order chi connectivity index (χ1) is 14.7. The van der Waals surface area contributed by atoms with Gasteiger partial charge in [0.25, 0.3) is 0 Å². The van der Waals surface area contributed by atoms with E-state index < -0.39 is 5.95 Å². The molecule has 0 aliphatic carbocycles. The van der Waals surface area contributed by atoms with E-state index in [1.165, 1.54) is 23.9 Å². The maximum absolute atomic E-state index is 14.7. The molecular weight excluding hydrogens is 405 g/mol. The van der Waals surface area contributed by atoms with E-state index in [-0.39, 0.29) is 12.2 Å². The number of rotatable bonds is 4. The predicted octanol–water partition coefficient (Wildman–Crippen LogP) is 3.28. The highest BCUT2D eigenvalue weighted by atomic mass is 32.1. The monoisotopic (exact) mass is 423 g/mol. The third-order valence-corrected chi connectivity index (χ3v) is 5.91. The lowest BCUT2D eigenvalue weighted by Gasteiger charge is -2.29. The van der Waals surface area contributed by atoms with Gasteiger partial charge in [-0.25, -0.2) is 19.9 Å². The van der Waals surface area contributed by atoms with E-state index >= 15 is 0 Å². The lowest BCUT2D eigenvalue weighted by atomic mass is 10.0. The van der Waals surface area contributed by atoms with Crippen molar-refractivity contribution in [1.29, 1.82) is 0 Å². The Morgan fingerprint density at radius 1 is 1.13 bits per heavy atom. The second kappa shape index (κ2) is 8.02. The van der Waals surface area contributed by atoms with E-state index in [1.54, 1.807) is 6.07 Å². The molecule has 0 radical (unpaired) electrons. The molecule has 1 N–H and O–H groups in total. The van der Waals surface area contributed by atoms with E-state index in [9.17, 15) is 9.50 Å². The number of fused-ring (bicyclic) bond motifs is 1. The number of halogens is 1. The van der Waals surface area contributed by atoms with Crippen LogP contribution in [0.5, 0.6) is 0 Å². The largest absolute Gasteiger partial charge is 0.389 e. The molecule has 1 aromatic carbocycles. The number of morpholine rings is 1. The molecule has 1 aliphatic rings. The van der Waals surface area contributed by atoms with Gasteiger partial charge in [0.15, 0.2) is 0 Å². The van der Waals surface area contributed by atoms with Crippen LogP contribution in [0.2, 0.25) is 0 Å². The molecule has 1 aliphatic heterocycles. The normalized spacial score (nSPS) is 14.4. The fraction of sp³-hybridized carbons (Fsp3) is 0.238. The Hall–Kier alpha value is -3.01. The topological polar surface area (TPSA) is 84.3 Å². The van der Waals surface area contributed by atoms with Gasteiger partial charge in [0.1, 0.15) is 11.3 Å². The van der Waals surface area contributed by atoms with Gasteiger partial charge in [-0.05, 0) is 24.3 Å². The first-order valence-electron chi connectivity index (χ1n) is 9.52. The average Bonchev–Trinajstić information content (AvgIpc) is 3.29. The van der Waals surface area contributed by atoms with Crippen LogP contribution in [-0.2, 0) is 11.3 Å². The highest BCUT2D eigenvalue weighted by molar-refractivity contribution is 7.09. The van der Waals surface area contributed by atoms with Crippen molar-refractivity contribution in [3.05, 3.63) is 53.1 Å². The summed E-state index contributed by atoms with van der Waals surface area (Å²) in [5.74, 6) is -0.603. The van der Waals surface area contributed by atoms with Crippen molar-refractivity contribution >= 4 is 27.9 Å². The summed E-state index contributed by atoms with van der Waals surface area (Å²) in [6.07, 6.45) is 2.88. The average molecular weight is 423 g/mol. The van der Waals surface area contributed by atoms with Crippen LogP contribution in [0.25, 0.3) is 33.4 Å². The number of ether oxygens (including phenoxy) is 1. The van der Waals surface area contributed by atoms with E-state index in [0.29, 0.717) is 35.2 Å². The molecule has 152 valence electrons. The molecule has 0 atom stereocenters. The fourth-order valence-electron chi connectivity index (χ4n) is 3.55. The molecular formula is C21H18FN5O2S. The Morgan fingerprint density at radius 2 is 2.00 bits per heavy atom. The summed E-state index contributed by atoms with van der Waals surface area (Å²) in [6.45, 7) is 2.92.